The Labute approximate surface area is 95.6 Å². The third kappa shape index (κ3) is 3.70. The molecular weight excluding hydrogens is 167 g/mol. The van der Waals surface area contributed by atoms with Crippen LogP contribution in [0.1, 0.15) is 34.0 Å². The van der Waals surface area contributed by atoms with Gasteiger partial charge < -0.3 is 6.16 Å². The maximum atomic E-state index is 10.7. The molecule has 1 rings (SSSR count). The normalized spacial score (nSPS) is 16.8. The Balaban J connectivity index is 0. The number of carbonyl (C=O) groups excluding carboxylic acids is 2. The minimum atomic E-state index is -0.683. The van der Waals surface area contributed by atoms with E-state index in [4.69, 9.17) is 4.74 Å². The number of esters is 1. The Morgan fingerprint density at radius 1 is 1.33 bits per heavy atom. The molecule has 0 aromatic rings. The van der Waals surface area contributed by atoms with Crippen molar-refractivity contribution >= 4 is 11.8 Å². The summed E-state index contributed by atoms with van der Waals surface area (Å²) >= 11 is 0. The van der Waals surface area contributed by atoms with E-state index in [1.807, 2.05) is 0 Å². The monoisotopic (exact) mass is 180 g/mol. The van der Waals surface area contributed by atoms with Crippen molar-refractivity contribution in [3.05, 3.63) is 0 Å². The minimum absolute atomic E-state index is 0. The molecule has 3 nitrogen and oxygen atoms in total. The first-order valence-electron chi connectivity index (χ1n) is 3.91. The number of rotatable bonds is 2. The van der Waals surface area contributed by atoms with Gasteiger partial charge in [-0.05, 0) is 25.7 Å². The van der Waals surface area contributed by atoms with E-state index >= 15 is 0 Å². The third-order valence-corrected chi connectivity index (χ3v) is 1.86. The van der Waals surface area contributed by atoms with Crippen molar-refractivity contribution in [3.63, 3.8) is 0 Å². The van der Waals surface area contributed by atoms with Gasteiger partial charge in [0.25, 0.3) is 0 Å². The van der Waals surface area contributed by atoms with E-state index in [1.165, 1.54) is 6.92 Å². The summed E-state index contributed by atoms with van der Waals surface area (Å²) in [6, 6.07) is 0. The Morgan fingerprint density at radius 3 is 2.25 bits per heavy atom. The summed E-state index contributed by atoms with van der Waals surface area (Å²) in [4.78, 5) is 21.2. The molecule has 0 radical (unpaired) electrons. The van der Waals surface area contributed by atoms with Gasteiger partial charge in [-0.15, -0.1) is 0 Å². The van der Waals surface area contributed by atoms with Crippen LogP contribution in [-0.4, -0.2) is 17.9 Å². The maximum Gasteiger partial charge on any atom is 1.00 e. The van der Waals surface area contributed by atoms with Crippen molar-refractivity contribution in [2.24, 2.45) is 0 Å². The Bertz CT molecular complexity index is 178. The molecule has 0 saturated heterocycles. The second-order valence-corrected chi connectivity index (χ2v) is 2.87. The quantitative estimate of drug-likeness (QED) is 0.285. The van der Waals surface area contributed by atoms with Gasteiger partial charge in [0.1, 0.15) is 6.10 Å². The molecule has 0 spiro atoms. The molecule has 1 aliphatic rings. The molecule has 0 bridgehead atoms. The summed E-state index contributed by atoms with van der Waals surface area (Å²) < 4.78 is 4.88. The predicted molar refractivity (Wildman–Crippen MR) is 40.1 cm³/mol. The van der Waals surface area contributed by atoms with Gasteiger partial charge in [-0.25, -0.2) is 4.79 Å². The van der Waals surface area contributed by atoms with Gasteiger partial charge in [0.05, 0.1) is 0 Å². The van der Waals surface area contributed by atoms with E-state index in [0.717, 1.165) is 25.7 Å². The van der Waals surface area contributed by atoms with Gasteiger partial charge in [0.2, 0.25) is 5.78 Å². The number of Topliss-reactive ketones (excluding diaryl/α,β-unsaturated/α-hetero) is 1. The average Bonchev–Trinajstić information content (AvgIpc) is 2.39. The number of hydrogen-bond donors (Lipinski definition) is 0. The first-order chi connectivity index (χ1) is 5.20. The summed E-state index contributed by atoms with van der Waals surface area (Å²) in [7, 11) is 0. The van der Waals surface area contributed by atoms with Crippen LogP contribution in [0.5, 0.6) is 0 Å². The molecule has 0 atom stereocenters. The van der Waals surface area contributed by atoms with Gasteiger partial charge in [-0.2, -0.15) is 0 Å². The molecule has 1 aliphatic carbocycles. The molecule has 64 valence electrons. The van der Waals surface area contributed by atoms with Crippen molar-refractivity contribution in [1.29, 1.82) is 0 Å². The Morgan fingerprint density at radius 2 is 1.83 bits per heavy atom. The maximum absolute atomic E-state index is 10.7. The summed E-state index contributed by atoms with van der Waals surface area (Å²) in [6.07, 6.45) is 4.05. The molecule has 0 aromatic heterocycles. The van der Waals surface area contributed by atoms with Crippen molar-refractivity contribution in [3.8, 4) is 0 Å². The fourth-order valence-electron chi connectivity index (χ4n) is 1.24. The molecule has 0 unspecified atom stereocenters. The molecule has 1 saturated carbocycles. The predicted octanol–water partition coefficient (Wildman–Crippen LogP) is -1.82. The van der Waals surface area contributed by atoms with E-state index in [-0.39, 0.29) is 37.1 Å². The number of hydrogen-bond acceptors (Lipinski definition) is 3. The van der Waals surface area contributed by atoms with Gasteiger partial charge in [0.15, 0.2) is 0 Å². The summed E-state index contributed by atoms with van der Waals surface area (Å²) in [5.41, 5.74) is 0. The van der Waals surface area contributed by atoms with Crippen molar-refractivity contribution in [2.75, 3.05) is 0 Å². The largest absolute Gasteiger partial charge is 1.00 e. The van der Waals surface area contributed by atoms with Crippen LogP contribution in [0.2, 0.25) is 0 Å². The molecule has 0 aromatic carbocycles. The van der Waals surface area contributed by atoms with Crippen LogP contribution in [0, 0.1) is 0 Å². The van der Waals surface area contributed by atoms with Crippen LogP contribution in [-0.2, 0) is 14.3 Å². The second kappa shape index (κ2) is 5.73. The number of ketones is 1. The van der Waals surface area contributed by atoms with Gasteiger partial charge in [-0.3, -0.25) is 4.79 Å². The SMILES string of the molecule is CC(=O)C(=O)OC1CCCC1.[H-].[Na+]. The topological polar surface area (TPSA) is 43.4 Å². The third-order valence-electron chi connectivity index (χ3n) is 1.86. The van der Waals surface area contributed by atoms with Crippen LogP contribution < -0.4 is 29.6 Å². The van der Waals surface area contributed by atoms with Crippen molar-refractivity contribution < 1.29 is 45.3 Å². The average molecular weight is 180 g/mol. The first kappa shape index (κ1) is 12.1. The zero-order valence-corrected chi connectivity index (χ0v) is 9.63. The van der Waals surface area contributed by atoms with Crippen molar-refractivity contribution in [2.45, 2.75) is 38.7 Å². The summed E-state index contributed by atoms with van der Waals surface area (Å²) in [5, 5.41) is 0. The van der Waals surface area contributed by atoms with Crippen molar-refractivity contribution in [1.82, 2.24) is 0 Å². The van der Waals surface area contributed by atoms with E-state index in [9.17, 15) is 9.59 Å². The van der Waals surface area contributed by atoms with Crippen LogP contribution >= 0.6 is 0 Å². The molecular formula is C8H13NaO3. The van der Waals surface area contributed by atoms with Crippen LogP contribution in [0.4, 0.5) is 0 Å². The number of ether oxygens (including phenoxy) is 1. The van der Waals surface area contributed by atoms with E-state index in [0.29, 0.717) is 0 Å². The van der Waals surface area contributed by atoms with E-state index < -0.39 is 11.8 Å². The molecule has 12 heavy (non-hydrogen) atoms. The molecule has 0 amide bonds. The van der Waals surface area contributed by atoms with E-state index in [2.05, 4.69) is 0 Å². The summed E-state index contributed by atoms with van der Waals surface area (Å²) in [5.74, 6) is -1.19. The van der Waals surface area contributed by atoms with Crippen LogP contribution in [0.3, 0.4) is 0 Å². The smallest absolute Gasteiger partial charge is 1.00 e. The Kier molecular flexibility index (Phi) is 5.80. The van der Waals surface area contributed by atoms with E-state index in [1.54, 1.807) is 0 Å². The van der Waals surface area contributed by atoms with Gasteiger partial charge in [0, 0.05) is 6.92 Å². The van der Waals surface area contributed by atoms with Gasteiger partial charge >= 0.3 is 35.5 Å². The number of carbonyl (C=O) groups is 2. The zero-order valence-electron chi connectivity index (χ0n) is 8.63. The van der Waals surface area contributed by atoms with Gasteiger partial charge in [-0.1, -0.05) is 0 Å². The fourth-order valence-corrected chi connectivity index (χ4v) is 1.24. The first-order valence-corrected chi connectivity index (χ1v) is 3.91. The standard InChI is InChI=1S/C8H12O3.Na.H/c1-6(9)8(10)11-7-4-2-3-5-7;;/h7H,2-5H2,1H3;;/q;+1;-1. The fraction of sp³-hybridized carbons (Fsp3) is 0.750. The zero-order chi connectivity index (χ0) is 8.27. The Hall–Kier alpha value is 0.140. The second-order valence-electron chi connectivity index (χ2n) is 2.87. The minimum Gasteiger partial charge on any atom is -1.00 e. The van der Waals surface area contributed by atoms with Crippen LogP contribution in [0.25, 0.3) is 0 Å². The molecule has 0 heterocycles. The molecule has 4 heteroatoms. The molecule has 0 N–H and O–H groups in total. The molecule has 1 fully saturated rings. The molecule has 0 aliphatic heterocycles. The summed E-state index contributed by atoms with van der Waals surface area (Å²) in [6.45, 7) is 1.23. The van der Waals surface area contributed by atoms with Crippen LogP contribution in [0.15, 0.2) is 0 Å².